The number of carbonyl (C=O) groups is 1. The van der Waals surface area contributed by atoms with Gasteiger partial charge in [-0.25, -0.2) is 4.79 Å². The van der Waals surface area contributed by atoms with Gasteiger partial charge >= 0.3 is 5.97 Å². The molecule has 0 radical (unpaired) electrons. The molecule has 0 amide bonds. The number of hydrogen-bond donors (Lipinski definition) is 2. The molecule has 1 saturated heterocycles. The Labute approximate surface area is 157 Å². The molecule has 2 aliphatic heterocycles. The number of aromatic carboxylic acids is 1. The highest BCUT2D eigenvalue weighted by Crippen LogP contribution is 2.51. The van der Waals surface area contributed by atoms with Gasteiger partial charge in [0.05, 0.1) is 29.8 Å². The fourth-order valence-corrected chi connectivity index (χ4v) is 4.42. The van der Waals surface area contributed by atoms with E-state index in [2.05, 4.69) is 5.32 Å². The predicted octanol–water partition coefficient (Wildman–Crippen LogP) is 3.38. The van der Waals surface area contributed by atoms with Crippen molar-refractivity contribution in [2.45, 2.75) is 57.4 Å². The van der Waals surface area contributed by atoms with Crippen LogP contribution in [0.4, 0.5) is 0 Å². The molecule has 7 heteroatoms. The van der Waals surface area contributed by atoms with E-state index in [1.165, 1.54) is 6.07 Å². The molecule has 2 fully saturated rings. The monoisotopic (exact) mass is 381 g/mol. The molecule has 4 rings (SSSR count). The summed E-state index contributed by atoms with van der Waals surface area (Å²) in [6.07, 6.45) is 4.09. The molecule has 1 saturated carbocycles. The summed E-state index contributed by atoms with van der Waals surface area (Å²) in [4.78, 5) is 11.4. The van der Waals surface area contributed by atoms with Gasteiger partial charge in [-0.05, 0) is 38.7 Å². The van der Waals surface area contributed by atoms with Crippen molar-refractivity contribution in [3.05, 3.63) is 22.2 Å². The van der Waals surface area contributed by atoms with Gasteiger partial charge < -0.3 is 24.6 Å². The van der Waals surface area contributed by atoms with Gasteiger partial charge in [-0.2, -0.15) is 0 Å². The maximum absolute atomic E-state index is 11.4. The van der Waals surface area contributed by atoms with Crippen LogP contribution in [0.25, 0.3) is 0 Å². The second kappa shape index (κ2) is 6.59. The number of hydrogen-bond acceptors (Lipinski definition) is 5. The summed E-state index contributed by atoms with van der Waals surface area (Å²) in [7, 11) is 0. The highest BCUT2D eigenvalue weighted by Gasteiger charge is 2.47. The van der Waals surface area contributed by atoms with Crippen LogP contribution in [-0.2, 0) is 4.74 Å². The molecule has 2 N–H and O–H groups in total. The maximum Gasteiger partial charge on any atom is 0.336 e. The van der Waals surface area contributed by atoms with E-state index in [9.17, 15) is 9.90 Å². The Balaban J connectivity index is 1.47. The summed E-state index contributed by atoms with van der Waals surface area (Å²) in [5.41, 5.74) is 0.707. The van der Waals surface area contributed by atoms with Crippen molar-refractivity contribution >= 4 is 17.6 Å². The number of benzene rings is 1. The molecule has 0 spiro atoms. The highest BCUT2D eigenvalue weighted by atomic mass is 35.5. The summed E-state index contributed by atoms with van der Waals surface area (Å²) < 4.78 is 17.5. The van der Waals surface area contributed by atoms with Crippen molar-refractivity contribution in [1.82, 2.24) is 5.32 Å². The van der Waals surface area contributed by atoms with E-state index in [0.29, 0.717) is 29.1 Å². The first-order valence-corrected chi connectivity index (χ1v) is 9.53. The summed E-state index contributed by atoms with van der Waals surface area (Å²) in [5.74, 6) is -0.670. The number of carboxylic acids is 1. The van der Waals surface area contributed by atoms with Crippen LogP contribution in [0.2, 0.25) is 5.02 Å². The van der Waals surface area contributed by atoms with E-state index >= 15 is 0 Å². The standard InChI is InChI=1S/C19H24ClNO5/c1-10-14(18(22)23)7-15(20)17-16(10)25-19(2,26-17)11-3-5-12(6-4-11)21-13-8-24-9-13/h7,11-13,21H,3-6,8-9H2,1-2H3,(H,22,23). The number of ether oxygens (including phenoxy) is 3. The Morgan fingerprint density at radius 3 is 2.42 bits per heavy atom. The van der Waals surface area contributed by atoms with Crippen LogP contribution >= 0.6 is 11.6 Å². The number of nitrogens with one attached hydrogen (secondary N) is 1. The zero-order valence-electron chi connectivity index (χ0n) is 15.0. The van der Waals surface area contributed by atoms with Crippen LogP contribution < -0.4 is 14.8 Å². The van der Waals surface area contributed by atoms with Crippen LogP contribution in [0.1, 0.15) is 48.5 Å². The lowest BCUT2D eigenvalue weighted by Gasteiger charge is -2.39. The Morgan fingerprint density at radius 1 is 1.19 bits per heavy atom. The van der Waals surface area contributed by atoms with Crippen LogP contribution in [0.15, 0.2) is 6.07 Å². The number of halogens is 1. The second-order valence-corrected chi connectivity index (χ2v) is 8.07. The summed E-state index contributed by atoms with van der Waals surface area (Å²) in [6.45, 7) is 5.28. The summed E-state index contributed by atoms with van der Waals surface area (Å²) in [5, 5.41) is 13.3. The first-order valence-electron chi connectivity index (χ1n) is 9.15. The van der Waals surface area contributed by atoms with Crippen molar-refractivity contribution in [3.8, 4) is 11.5 Å². The smallest absolute Gasteiger partial charge is 0.336 e. The van der Waals surface area contributed by atoms with Gasteiger partial charge in [-0.15, -0.1) is 0 Å². The molecule has 1 atom stereocenters. The molecule has 0 bridgehead atoms. The van der Waals surface area contributed by atoms with Gasteiger partial charge in [0.15, 0.2) is 11.5 Å². The Hall–Kier alpha value is -1.50. The predicted molar refractivity (Wildman–Crippen MR) is 96.3 cm³/mol. The van der Waals surface area contributed by atoms with E-state index in [-0.39, 0.29) is 16.5 Å². The topological polar surface area (TPSA) is 77.0 Å². The maximum atomic E-state index is 11.4. The highest BCUT2D eigenvalue weighted by molar-refractivity contribution is 6.32. The number of rotatable bonds is 4. The molecule has 2 heterocycles. The van der Waals surface area contributed by atoms with Gasteiger partial charge in [-0.1, -0.05) is 11.6 Å². The number of fused-ring (bicyclic) bond motifs is 1. The Morgan fingerprint density at radius 2 is 1.85 bits per heavy atom. The van der Waals surface area contributed by atoms with E-state index in [1.54, 1.807) is 6.92 Å². The molecule has 1 aromatic rings. The molecule has 6 nitrogen and oxygen atoms in total. The summed E-state index contributed by atoms with van der Waals surface area (Å²) >= 11 is 6.27. The normalized spacial score (nSPS) is 30.9. The van der Waals surface area contributed by atoms with E-state index in [4.69, 9.17) is 25.8 Å². The van der Waals surface area contributed by atoms with Crippen LogP contribution in [0, 0.1) is 12.8 Å². The van der Waals surface area contributed by atoms with Gasteiger partial charge in [0.25, 0.3) is 5.79 Å². The van der Waals surface area contributed by atoms with Gasteiger partial charge in [-0.3, -0.25) is 0 Å². The molecule has 26 heavy (non-hydrogen) atoms. The van der Waals surface area contributed by atoms with E-state index in [0.717, 1.165) is 38.9 Å². The number of carboxylic acid groups (broad SMARTS) is 1. The second-order valence-electron chi connectivity index (χ2n) is 7.66. The van der Waals surface area contributed by atoms with Crippen molar-refractivity contribution in [2.24, 2.45) is 5.92 Å². The zero-order valence-corrected chi connectivity index (χ0v) is 15.8. The minimum atomic E-state index is -1.02. The van der Waals surface area contributed by atoms with Crippen molar-refractivity contribution in [1.29, 1.82) is 0 Å². The molecule has 1 aromatic carbocycles. The summed E-state index contributed by atoms with van der Waals surface area (Å²) in [6, 6.07) is 2.44. The fourth-order valence-electron chi connectivity index (χ4n) is 4.18. The lowest BCUT2D eigenvalue weighted by molar-refractivity contribution is -0.122. The Bertz CT molecular complexity index is 727. The fraction of sp³-hybridized carbons (Fsp3) is 0.632. The first kappa shape index (κ1) is 17.9. The minimum absolute atomic E-state index is 0.150. The first-order chi connectivity index (χ1) is 12.4. The lowest BCUT2D eigenvalue weighted by atomic mass is 9.81. The van der Waals surface area contributed by atoms with Crippen LogP contribution in [0.3, 0.4) is 0 Å². The van der Waals surface area contributed by atoms with Crippen molar-refractivity contribution in [2.75, 3.05) is 13.2 Å². The molecular weight excluding hydrogens is 358 g/mol. The minimum Gasteiger partial charge on any atom is -0.478 e. The van der Waals surface area contributed by atoms with Gasteiger partial charge in [0.1, 0.15) is 0 Å². The van der Waals surface area contributed by atoms with Crippen molar-refractivity contribution < 1.29 is 24.1 Å². The average Bonchev–Trinajstić information content (AvgIpc) is 2.94. The third-order valence-electron chi connectivity index (χ3n) is 5.86. The Kier molecular flexibility index (Phi) is 4.53. The SMILES string of the molecule is Cc1c(C(=O)O)cc(Cl)c2c1OC(C)(C1CCC(NC3COC3)CC1)O2. The van der Waals surface area contributed by atoms with Gasteiger partial charge in [0, 0.05) is 24.4 Å². The quantitative estimate of drug-likeness (QED) is 0.832. The van der Waals surface area contributed by atoms with Crippen LogP contribution in [0.5, 0.6) is 11.5 Å². The van der Waals surface area contributed by atoms with E-state index < -0.39 is 11.8 Å². The average molecular weight is 382 g/mol. The third-order valence-corrected chi connectivity index (χ3v) is 6.14. The van der Waals surface area contributed by atoms with Crippen LogP contribution in [-0.4, -0.2) is 42.2 Å². The largest absolute Gasteiger partial charge is 0.478 e. The third kappa shape index (κ3) is 3.04. The lowest BCUT2D eigenvalue weighted by Crippen LogP contribution is -2.53. The molecule has 142 valence electrons. The molecule has 0 aromatic heterocycles. The van der Waals surface area contributed by atoms with Crippen molar-refractivity contribution in [3.63, 3.8) is 0 Å². The molecule has 1 unspecified atom stereocenters. The van der Waals surface area contributed by atoms with Gasteiger partial charge in [0.2, 0.25) is 0 Å². The van der Waals surface area contributed by atoms with E-state index in [1.807, 2.05) is 6.92 Å². The molecule has 1 aliphatic carbocycles. The zero-order chi connectivity index (χ0) is 18.5. The molecule has 3 aliphatic rings. The molecular formula is C19H24ClNO5.